The van der Waals surface area contributed by atoms with Crippen molar-refractivity contribution in [3.05, 3.63) is 40.4 Å². The highest BCUT2D eigenvalue weighted by Crippen LogP contribution is 2.50. The smallest absolute Gasteiger partial charge is 0.154 e. The van der Waals surface area contributed by atoms with E-state index in [-0.39, 0.29) is 35.6 Å². The number of carbonyl (C=O) groups excluding carboxylic acids is 2. The predicted molar refractivity (Wildman–Crippen MR) is 78.2 cm³/mol. The zero-order valence-corrected chi connectivity index (χ0v) is 12.9. The van der Waals surface area contributed by atoms with Gasteiger partial charge in [0.15, 0.2) is 11.6 Å². The van der Waals surface area contributed by atoms with Crippen LogP contribution in [0.15, 0.2) is 34.8 Å². The second kappa shape index (κ2) is 4.52. The molecule has 108 valence electrons. The normalized spacial score (nSPS) is 36.4. The van der Waals surface area contributed by atoms with Gasteiger partial charge in [-0.3, -0.25) is 9.59 Å². The van der Waals surface area contributed by atoms with Crippen molar-refractivity contribution >= 4 is 27.5 Å². The van der Waals surface area contributed by atoms with Gasteiger partial charge in [-0.25, -0.2) is 0 Å². The molecule has 2 bridgehead atoms. The highest BCUT2D eigenvalue weighted by atomic mass is 79.9. The largest absolute Gasteiger partial charge is 0.496 e. The van der Waals surface area contributed by atoms with Gasteiger partial charge in [-0.05, 0) is 12.1 Å². The van der Waals surface area contributed by atoms with Gasteiger partial charge in [0.05, 0.1) is 31.2 Å². The molecule has 2 aliphatic heterocycles. The second-order valence-electron chi connectivity index (χ2n) is 5.63. The Kier molecular flexibility index (Phi) is 2.84. The van der Waals surface area contributed by atoms with Crippen LogP contribution in [0.3, 0.4) is 0 Å². The third-order valence-corrected chi connectivity index (χ3v) is 5.13. The Morgan fingerprint density at radius 1 is 1.10 bits per heavy atom. The topological polar surface area (TPSA) is 52.6 Å². The van der Waals surface area contributed by atoms with Gasteiger partial charge in [0, 0.05) is 10.0 Å². The van der Waals surface area contributed by atoms with E-state index in [2.05, 4.69) is 15.9 Å². The Morgan fingerprint density at radius 2 is 1.71 bits per heavy atom. The Bertz CT molecular complexity index is 651. The molecule has 0 amide bonds. The molecule has 2 heterocycles. The average Bonchev–Trinajstić information content (AvgIpc) is 3.14. The maximum absolute atomic E-state index is 12.7. The molecular weight excluding hydrogens is 336 g/mol. The van der Waals surface area contributed by atoms with Crippen molar-refractivity contribution in [3.8, 4) is 5.75 Å². The minimum atomic E-state index is -0.725. The number of Topliss-reactive ketones (excluding diaryl/α,β-unsaturated/α-hetero) is 2. The molecule has 1 saturated carbocycles. The van der Waals surface area contributed by atoms with Gasteiger partial charge >= 0.3 is 0 Å². The zero-order chi connectivity index (χ0) is 14.7. The van der Waals surface area contributed by atoms with E-state index < -0.39 is 5.92 Å². The summed E-state index contributed by atoms with van der Waals surface area (Å²) in [6.07, 6.45) is 3.34. The lowest BCUT2D eigenvalue weighted by atomic mass is 9.85. The summed E-state index contributed by atoms with van der Waals surface area (Å²) in [6.45, 7) is 0. The first-order chi connectivity index (χ1) is 10.1. The summed E-state index contributed by atoms with van der Waals surface area (Å²) < 4.78 is 11.8. The number of hydrogen-bond donors (Lipinski definition) is 0. The minimum Gasteiger partial charge on any atom is -0.496 e. The molecule has 1 saturated heterocycles. The fraction of sp³-hybridized carbons (Fsp3) is 0.375. The summed E-state index contributed by atoms with van der Waals surface area (Å²) >= 11 is 3.37. The fourth-order valence-electron chi connectivity index (χ4n) is 3.74. The molecule has 5 heteroatoms. The van der Waals surface area contributed by atoms with Crippen LogP contribution in [-0.4, -0.2) is 30.9 Å². The quantitative estimate of drug-likeness (QED) is 0.607. The van der Waals surface area contributed by atoms with E-state index in [0.29, 0.717) is 11.3 Å². The molecule has 1 aliphatic carbocycles. The van der Waals surface area contributed by atoms with E-state index >= 15 is 0 Å². The van der Waals surface area contributed by atoms with E-state index in [4.69, 9.17) is 9.47 Å². The van der Waals surface area contributed by atoms with Crippen molar-refractivity contribution in [2.75, 3.05) is 7.11 Å². The van der Waals surface area contributed by atoms with Crippen LogP contribution in [-0.2, 0) is 14.3 Å². The van der Waals surface area contributed by atoms with E-state index in [9.17, 15) is 9.59 Å². The van der Waals surface area contributed by atoms with Crippen molar-refractivity contribution in [2.45, 2.75) is 18.1 Å². The molecule has 0 aromatic heterocycles. The second-order valence-corrected chi connectivity index (χ2v) is 6.54. The van der Waals surface area contributed by atoms with Crippen LogP contribution in [0.2, 0.25) is 0 Å². The van der Waals surface area contributed by atoms with E-state index in [0.717, 1.165) is 4.47 Å². The molecular formula is C16H13BrO4. The van der Waals surface area contributed by atoms with Crippen LogP contribution in [0.5, 0.6) is 5.75 Å². The molecule has 3 aliphatic rings. The number of benzene rings is 1. The van der Waals surface area contributed by atoms with Crippen molar-refractivity contribution in [3.63, 3.8) is 0 Å². The molecule has 4 unspecified atom stereocenters. The van der Waals surface area contributed by atoms with Gasteiger partial charge in [-0.1, -0.05) is 34.1 Å². The number of carbonyl (C=O) groups is 2. The average molecular weight is 349 g/mol. The van der Waals surface area contributed by atoms with Crippen molar-refractivity contribution < 1.29 is 19.1 Å². The molecule has 0 radical (unpaired) electrons. The van der Waals surface area contributed by atoms with Gasteiger partial charge in [0.1, 0.15) is 11.7 Å². The van der Waals surface area contributed by atoms with Crippen LogP contribution in [0.1, 0.15) is 11.5 Å². The summed E-state index contributed by atoms with van der Waals surface area (Å²) in [7, 11) is 1.55. The van der Waals surface area contributed by atoms with E-state index in [1.807, 2.05) is 18.2 Å². The Balaban J connectivity index is 1.78. The summed E-state index contributed by atoms with van der Waals surface area (Å²) in [5.41, 5.74) is 0.657. The monoisotopic (exact) mass is 348 g/mol. The van der Waals surface area contributed by atoms with E-state index in [1.54, 1.807) is 19.2 Å². The number of rotatable bonds is 2. The third-order valence-electron chi connectivity index (χ3n) is 4.63. The van der Waals surface area contributed by atoms with Crippen molar-refractivity contribution in [1.82, 2.24) is 0 Å². The number of ether oxygens (including phenoxy) is 2. The number of halogens is 1. The SMILES string of the molecule is COc1cc(Br)ccc1C1C(=O)C2C3C=CC(O3)[C@H]2C1=O. The van der Waals surface area contributed by atoms with Gasteiger partial charge in [-0.2, -0.15) is 0 Å². The minimum absolute atomic E-state index is 0.0394. The van der Waals surface area contributed by atoms with Crippen LogP contribution < -0.4 is 4.74 Å². The van der Waals surface area contributed by atoms with Gasteiger partial charge in [-0.15, -0.1) is 0 Å². The molecule has 4 rings (SSSR count). The highest BCUT2D eigenvalue weighted by molar-refractivity contribution is 9.10. The lowest BCUT2D eigenvalue weighted by molar-refractivity contribution is -0.127. The Hall–Kier alpha value is -1.46. The predicted octanol–water partition coefficient (Wildman–Crippen LogP) is 2.26. The lowest BCUT2D eigenvalue weighted by Crippen LogP contribution is -2.26. The Morgan fingerprint density at radius 3 is 2.29 bits per heavy atom. The van der Waals surface area contributed by atoms with Crippen molar-refractivity contribution in [2.24, 2.45) is 11.8 Å². The zero-order valence-electron chi connectivity index (χ0n) is 11.3. The molecule has 2 fully saturated rings. The Labute approximate surface area is 130 Å². The van der Waals surface area contributed by atoms with Crippen molar-refractivity contribution in [1.29, 1.82) is 0 Å². The maximum atomic E-state index is 12.7. The molecule has 4 nitrogen and oxygen atoms in total. The van der Waals surface area contributed by atoms with Crippen LogP contribution in [0.4, 0.5) is 0 Å². The number of methoxy groups -OCH3 is 1. The van der Waals surface area contributed by atoms with Crippen LogP contribution in [0.25, 0.3) is 0 Å². The first-order valence-electron chi connectivity index (χ1n) is 6.86. The third kappa shape index (κ3) is 1.71. The van der Waals surface area contributed by atoms with Crippen LogP contribution >= 0.6 is 15.9 Å². The van der Waals surface area contributed by atoms with Gasteiger partial charge in [0.25, 0.3) is 0 Å². The summed E-state index contributed by atoms with van der Waals surface area (Å²) in [6, 6.07) is 5.41. The molecule has 21 heavy (non-hydrogen) atoms. The van der Waals surface area contributed by atoms with E-state index in [1.165, 1.54) is 0 Å². The summed E-state index contributed by atoms with van der Waals surface area (Å²) in [5.74, 6) is -0.893. The van der Waals surface area contributed by atoms with Gasteiger partial charge < -0.3 is 9.47 Å². The number of ketones is 2. The van der Waals surface area contributed by atoms with Crippen LogP contribution in [0, 0.1) is 11.8 Å². The number of hydrogen-bond acceptors (Lipinski definition) is 4. The summed E-state index contributed by atoms with van der Waals surface area (Å²) in [4.78, 5) is 25.5. The molecule has 5 atom stereocenters. The first-order valence-corrected chi connectivity index (χ1v) is 7.66. The summed E-state index contributed by atoms with van der Waals surface area (Å²) in [5, 5.41) is 0. The lowest BCUT2D eigenvalue weighted by Gasteiger charge is -2.15. The number of fused-ring (bicyclic) bond motifs is 5. The maximum Gasteiger partial charge on any atom is 0.154 e. The molecule has 1 aromatic carbocycles. The fourth-order valence-corrected chi connectivity index (χ4v) is 4.08. The standard InChI is InChI=1S/C16H13BrO4/c1-20-11-6-7(17)2-3-8(11)12-15(18)13-9-4-5-10(21-9)14(13)16(12)19/h2-6,9-10,12-14H,1H3/t9?,10?,12?,13-,14?/m1/s1. The molecule has 0 spiro atoms. The highest BCUT2D eigenvalue weighted by Gasteiger charge is 2.61. The first kappa shape index (κ1) is 13.2. The molecule has 1 aromatic rings. The molecule has 0 N–H and O–H groups in total. The van der Waals surface area contributed by atoms with Gasteiger partial charge in [0.2, 0.25) is 0 Å².